The summed E-state index contributed by atoms with van der Waals surface area (Å²) < 4.78 is 59.0. The molecule has 0 aliphatic carbocycles. The molecular weight excluding hydrogens is 506 g/mol. The van der Waals surface area contributed by atoms with E-state index in [1.807, 2.05) is 6.92 Å². The molecule has 0 aromatic rings. The molecule has 0 fully saturated rings. The van der Waals surface area contributed by atoms with Crippen molar-refractivity contribution >= 4 is 5.91 Å². The number of hydrogen-bond donors (Lipinski definition) is 1. The first kappa shape index (κ1) is 37.0. The Morgan fingerprint density at radius 3 is 0.737 bits per heavy atom. The van der Waals surface area contributed by atoms with Crippen LogP contribution in [0.15, 0.2) is 0 Å². The van der Waals surface area contributed by atoms with Crippen molar-refractivity contribution in [1.82, 2.24) is 0 Å². The Kier molecular flexibility index (Phi) is 33.2. The fraction of sp³-hybridized carbons (Fsp3) is 0.960. The van der Waals surface area contributed by atoms with Gasteiger partial charge in [0.25, 0.3) is 0 Å². The van der Waals surface area contributed by atoms with Crippen LogP contribution in [0.25, 0.3) is 0 Å². The van der Waals surface area contributed by atoms with Gasteiger partial charge in [0, 0.05) is 13.0 Å². The van der Waals surface area contributed by atoms with Gasteiger partial charge in [-0.1, -0.05) is 0 Å². The molecule has 13 nitrogen and oxygen atoms in total. The maximum Gasteiger partial charge on any atom is 0.219 e. The van der Waals surface area contributed by atoms with Gasteiger partial charge in [0.1, 0.15) is 0 Å². The lowest BCUT2D eigenvalue weighted by molar-refractivity contribution is -0.119. The van der Waals surface area contributed by atoms with Gasteiger partial charge in [-0.25, -0.2) is 0 Å². The molecule has 0 rings (SSSR count). The molecule has 0 heterocycles. The Balaban J connectivity index is 3.02. The van der Waals surface area contributed by atoms with Crippen LogP contribution in [-0.2, 0) is 56.9 Å². The van der Waals surface area contributed by atoms with E-state index < -0.39 is 0 Å². The smallest absolute Gasteiger partial charge is 0.219 e. The SMILES string of the molecule is CCOCCOCCOCCOCCOCCOCCOCCOCCOCCOCCOCCC(N)=O. The second-order valence-electron chi connectivity index (χ2n) is 7.54. The van der Waals surface area contributed by atoms with Crippen molar-refractivity contribution in [3.8, 4) is 0 Å². The summed E-state index contributed by atoms with van der Waals surface area (Å²) in [6.07, 6.45) is 0.223. The predicted octanol–water partition coefficient (Wildman–Crippen LogP) is 0.0643. The molecule has 0 spiro atoms. The van der Waals surface area contributed by atoms with Crippen molar-refractivity contribution in [2.75, 3.05) is 145 Å². The van der Waals surface area contributed by atoms with Gasteiger partial charge < -0.3 is 57.8 Å². The van der Waals surface area contributed by atoms with E-state index in [9.17, 15) is 4.79 Å². The van der Waals surface area contributed by atoms with Gasteiger partial charge in [-0.2, -0.15) is 0 Å². The zero-order valence-corrected chi connectivity index (χ0v) is 23.2. The quantitative estimate of drug-likeness (QED) is 0.107. The Morgan fingerprint density at radius 1 is 0.368 bits per heavy atom. The Bertz CT molecular complexity index is 462. The fourth-order valence-electron chi connectivity index (χ4n) is 2.52. The van der Waals surface area contributed by atoms with Crippen LogP contribution in [0, 0.1) is 0 Å². The molecule has 2 N–H and O–H groups in total. The van der Waals surface area contributed by atoms with E-state index >= 15 is 0 Å². The first-order chi connectivity index (χ1) is 18.8. The van der Waals surface area contributed by atoms with Crippen molar-refractivity contribution in [3.63, 3.8) is 0 Å². The first-order valence-electron chi connectivity index (χ1n) is 13.4. The van der Waals surface area contributed by atoms with Gasteiger partial charge >= 0.3 is 0 Å². The highest BCUT2D eigenvalue weighted by Gasteiger charge is 1.97. The summed E-state index contributed by atoms with van der Waals surface area (Å²) in [4.78, 5) is 10.5. The van der Waals surface area contributed by atoms with Crippen LogP contribution in [0.2, 0.25) is 0 Å². The lowest BCUT2D eigenvalue weighted by Crippen LogP contribution is -2.16. The molecule has 0 unspecified atom stereocenters. The molecule has 228 valence electrons. The lowest BCUT2D eigenvalue weighted by atomic mass is 10.4. The maximum atomic E-state index is 10.5. The summed E-state index contributed by atoms with van der Waals surface area (Å²) in [6, 6.07) is 0. The lowest BCUT2D eigenvalue weighted by Gasteiger charge is -2.09. The molecule has 0 aliphatic rings. The number of ether oxygens (including phenoxy) is 11. The Labute approximate surface area is 227 Å². The molecule has 0 aliphatic heterocycles. The minimum atomic E-state index is -0.372. The second-order valence-corrected chi connectivity index (χ2v) is 7.54. The predicted molar refractivity (Wildman–Crippen MR) is 138 cm³/mol. The van der Waals surface area contributed by atoms with E-state index in [0.29, 0.717) is 145 Å². The average molecular weight is 558 g/mol. The standard InChI is InChI=1S/C25H51NO12/c1-2-28-5-6-30-9-10-32-13-14-34-17-18-36-21-22-38-24-23-37-20-19-35-16-15-33-12-11-31-8-7-29-4-3-25(26)27/h2-24H2,1H3,(H2,26,27). The largest absolute Gasteiger partial charge is 0.379 e. The molecule has 38 heavy (non-hydrogen) atoms. The van der Waals surface area contributed by atoms with Gasteiger partial charge in [-0.05, 0) is 6.92 Å². The van der Waals surface area contributed by atoms with Gasteiger partial charge in [0.2, 0.25) is 5.91 Å². The number of primary amides is 1. The van der Waals surface area contributed by atoms with Gasteiger partial charge in [-0.3, -0.25) is 4.79 Å². The van der Waals surface area contributed by atoms with E-state index in [1.54, 1.807) is 0 Å². The minimum Gasteiger partial charge on any atom is -0.379 e. The summed E-state index contributed by atoms with van der Waals surface area (Å²) in [5.41, 5.74) is 5.01. The fourth-order valence-corrected chi connectivity index (χ4v) is 2.52. The molecule has 0 atom stereocenters. The van der Waals surface area contributed by atoms with E-state index in [1.165, 1.54) is 0 Å². The van der Waals surface area contributed by atoms with Crippen LogP contribution in [0.3, 0.4) is 0 Å². The van der Waals surface area contributed by atoms with Crippen LogP contribution >= 0.6 is 0 Å². The number of amides is 1. The highest BCUT2D eigenvalue weighted by atomic mass is 16.6. The van der Waals surface area contributed by atoms with Gasteiger partial charge in [0.05, 0.1) is 139 Å². The highest BCUT2D eigenvalue weighted by Crippen LogP contribution is 1.87. The molecule has 0 radical (unpaired) electrons. The normalized spacial score (nSPS) is 11.4. The monoisotopic (exact) mass is 557 g/mol. The molecule has 1 amide bonds. The molecule has 0 saturated carbocycles. The van der Waals surface area contributed by atoms with Gasteiger partial charge in [-0.15, -0.1) is 0 Å². The third-order valence-corrected chi connectivity index (χ3v) is 4.42. The molecular formula is C25H51NO12. The number of nitrogens with two attached hydrogens (primary N) is 1. The summed E-state index contributed by atoms with van der Waals surface area (Å²) in [7, 11) is 0. The van der Waals surface area contributed by atoms with Crippen molar-refractivity contribution in [2.24, 2.45) is 5.73 Å². The van der Waals surface area contributed by atoms with Crippen molar-refractivity contribution in [2.45, 2.75) is 13.3 Å². The second kappa shape index (κ2) is 34.1. The summed E-state index contributed by atoms with van der Waals surface area (Å²) in [5, 5.41) is 0. The van der Waals surface area contributed by atoms with Crippen LogP contribution in [0.5, 0.6) is 0 Å². The zero-order valence-electron chi connectivity index (χ0n) is 23.2. The van der Waals surface area contributed by atoms with Crippen LogP contribution in [-0.4, -0.2) is 151 Å². The average Bonchev–Trinajstić information content (AvgIpc) is 2.91. The zero-order chi connectivity index (χ0) is 27.6. The van der Waals surface area contributed by atoms with Gasteiger partial charge in [0.15, 0.2) is 0 Å². The minimum absolute atomic E-state index is 0.223. The highest BCUT2D eigenvalue weighted by molar-refractivity contribution is 5.73. The van der Waals surface area contributed by atoms with Crippen molar-refractivity contribution in [3.05, 3.63) is 0 Å². The number of hydrogen-bond acceptors (Lipinski definition) is 12. The van der Waals surface area contributed by atoms with E-state index in [0.717, 1.165) is 0 Å². The number of carbonyl (C=O) groups excluding carboxylic acids is 1. The number of rotatable bonds is 34. The topological polar surface area (TPSA) is 145 Å². The van der Waals surface area contributed by atoms with Crippen molar-refractivity contribution < 1.29 is 56.9 Å². The number of carbonyl (C=O) groups is 1. The third-order valence-electron chi connectivity index (χ3n) is 4.42. The third kappa shape index (κ3) is 35.0. The first-order valence-corrected chi connectivity index (χ1v) is 13.4. The molecule has 0 aromatic carbocycles. The molecule has 13 heteroatoms. The van der Waals surface area contributed by atoms with Crippen LogP contribution in [0.4, 0.5) is 0 Å². The molecule has 0 bridgehead atoms. The Morgan fingerprint density at radius 2 is 0.553 bits per heavy atom. The summed E-state index contributed by atoms with van der Waals surface area (Å²) >= 11 is 0. The van der Waals surface area contributed by atoms with E-state index in [2.05, 4.69) is 0 Å². The maximum absolute atomic E-state index is 10.5. The summed E-state index contributed by atoms with van der Waals surface area (Å²) in [6.45, 7) is 13.3. The Hall–Kier alpha value is -0.970. The van der Waals surface area contributed by atoms with E-state index in [4.69, 9.17) is 57.8 Å². The summed E-state index contributed by atoms with van der Waals surface area (Å²) in [5.74, 6) is -0.372. The van der Waals surface area contributed by atoms with Crippen LogP contribution < -0.4 is 5.73 Å². The van der Waals surface area contributed by atoms with Crippen molar-refractivity contribution in [1.29, 1.82) is 0 Å². The molecule has 0 saturated heterocycles. The van der Waals surface area contributed by atoms with Crippen LogP contribution in [0.1, 0.15) is 13.3 Å². The molecule has 0 aromatic heterocycles. The van der Waals surface area contributed by atoms with E-state index in [-0.39, 0.29) is 12.3 Å².